The van der Waals surface area contributed by atoms with Crippen molar-refractivity contribution in [3.63, 3.8) is 0 Å². The first-order valence-corrected chi connectivity index (χ1v) is 12.9. The second kappa shape index (κ2) is 11.1. The fourth-order valence-electron chi connectivity index (χ4n) is 3.70. The first kappa shape index (κ1) is 25.2. The highest BCUT2D eigenvalue weighted by Crippen LogP contribution is 2.30. The number of morpholine rings is 1. The van der Waals surface area contributed by atoms with Crippen molar-refractivity contribution >= 4 is 21.6 Å². The van der Waals surface area contributed by atoms with Gasteiger partial charge in [-0.2, -0.15) is 4.31 Å². The molecular formula is C25H34N2O5S. The fraction of sp³-hybridized carbons (Fsp3) is 0.480. The zero-order chi connectivity index (χ0) is 24.0. The number of nitrogens with one attached hydrogen (secondary N) is 1. The molecule has 3 rings (SSSR count). The molecule has 1 aliphatic heterocycles. The zero-order valence-electron chi connectivity index (χ0n) is 19.8. The first-order chi connectivity index (χ1) is 15.6. The first-order valence-electron chi connectivity index (χ1n) is 11.4. The van der Waals surface area contributed by atoms with E-state index in [2.05, 4.69) is 19.2 Å². The van der Waals surface area contributed by atoms with Gasteiger partial charge in [0.2, 0.25) is 15.9 Å². The summed E-state index contributed by atoms with van der Waals surface area (Å²) in [5.41, 5.74) is 2.48. The largest absolute Gasteiger partial charge is 0.489 e. The Balaban J connectivity index is 1.79. The Kier molecular flexibility index (Phi) is 8.51. The lowest BCUT2D eigenvalue weighted by atomic mass is 10.0. The Hall–Kier alpha value is -2.42. The molecule has 0 aromatic heterocycles. The Labute approximate surface area is 197 Å². The van der Waals surface area contributed by atoms with Gasteiger partial charge in [0.25, 0.3) is 0 Å². The summed E-state index contributed by atoms with van der Waals surface area (Å²) in [6.07, 6.45) is 1.05. The van der Waals surface area contributed by atoms with Gasteiger partial charge in [0.15, 0.2) is 0 Å². The average Bonchev–Trinajstić information content (AvgIpc) is 2.76. The van der Waals surface area contributed by atoms with Crippen LogP contribution in [0.1, 0.15) is 38.8 Å². The van der Waals surface area contributed by atoms with E-state index in [0.717, 1.165) is 12.0 Å². The third-order valence-electron chi connectivity index (χ3n) is 5.23. The molecule has 0 bridgehead atoms. The molecule has 2 aromatic carbocycles. The van der Waals surface area contributed by atoms with Crippen LogP contribution in [0.5, 0.6) is 5.75 Å². The molecule has 8 heteroatoms. The second-order valence-electron chi connectivity index (χ2n) is 8.98. The summed E-state index contributed by atoms with van der Waals surface area (Å²) in [4.78, 5) is 12.9. The van der Waals surface area contributed by atoms with Gasteiger partial charge in [0.1, 0.15) is 5.75 Å². The quantitative estimate of drug-likeness (QED) is 0.596. The Morgan fingerprint density at radius 2 is 1.67 bits per heavy atom. The maximum absolute atomic E-state index is 13.1. The summed E-state index contributed by atoms with van der Waals surface area (Å²) in [5.74, 6) is 0.771. The van der Waals surface area contributed by atoms with Crippen molar-refractivity contribution in [1.29, 1.82) is 0 Å². The van der Waals surface area contributed by atoms with Gasteiger partial charge >= 0.3 is 0 Å². The molecule has 1 amide bonds. The summed E-state index contributed by atoms with van der Waals surface area (Å²) in [6, 6.07) is 12.6. The van der Waals surface area contributed by atoms with Gasteiger partial charge in [-0.3, -0.25) is 4.79 Å². The van der Waals surface area contributed by atoms with E-state index in [9.17, 15) is 13.2 Å². The van der Waals surface area contributed by atoms with Crippen molar-refractivity contribution < 1.29 is 22.7 Å². The summed E-state index contributed by atoms with van der Waals surface area (Å²) < 4.78 is 38.6. The molecule has 0 atom stereocenters. The summed E-state index contributed by atoms with van der Waals surface area (Å²) in [6.45, 7) is 9.45. The number of nitrogens with zero attached hydrogens (tertiary/aromatic N) is 1. The lowest BCUT2D eigenvalue weighted by Gasteiger charge is -2.26. The number of sulfonamides is 1. The van der Waals surface area contributed by atoms with Crippen LogP contribution in [0, 0.1) is 5.92 Å². The maximum Gasteiger partial charge on any atom is 0.243 e. The van der Waals surface area contributed by atoms with Crippen LogP contribution in [0.4, 0.5) is 5.69 Å². The summed E-state index contributed by atoms with van der Waals surface area (Å²) >= 11 is 0. The number of hydrogen-bond acceptors (Lipinski definition) is 5. The number of rotatable bonds is 9. The Morgan fingerprint density at radius 1 is 1.03 bits per heavy atom. The molecule has 0 saturated carbocycles. The smallest absolute Gasteiger partial charge is 0.243 e. The van der Waals surface area contributed by atoms with Gasteiger partial charge in [0, 0.05) is 13.1 Å². The van der Waals surface area contributed by atoms with E-state index >= 15 is 0 Å². The van der Waals surface area contributed by atoms with Crippen LogP contribution in [-0.2, 0) is 32.4 Å². The monoisotopic (exact) mass is 474 g/mol. The van der Waals surface area contributed by atoms with Crippen LogP contribution >= 0.6 is 0 Å². The molecule has 0 unspecified atom stereocenters. The summed E-state index contributed by atoms with van der Waals surface area (Å²) in [7, 11) is -3.69. The van der Waals surface area contributed by atoms with Crippen LogP contribution < -0.4 is 10.1 Å². The average molecular weight is 475 g/mol. The third-order valence-corrected chi connectivity index (χ3v) is 7.12. The van der Waals surface area contributed by atoms with E-state index in [1.54, 1.807) is 6.07 Å². The van der Waals surface area contributed by atoms with E-state index in [1.807, 2.05) is 38.1 Å². The van der Waals surface area contributed by atoms with Gasteiger partial charge in [0.05, 0.1) is 36.3 Å². The van der Waals surface area contributed by atoms with Crippen molar-refractivity contribution in [2.45, 2.75) is 51.5 Å². The number of amides is 1. The molecular weight excluding hydrogens is 440 g/mol. The van der Waals surface area contributed by atoms with E-state index < -0.39 is 10.0 Å². The van der Waals surface area contributed by atoms with Crippen molar-refractivity contribution in [3.8, 4) is 5.75 Å². The van der Waals surface area contributed by atoms with Crippen molar-refractivity contribution in [2.24, 2.45) is 5.92 Å². The molecule has 0 radical (unpaired) electrons. The molecule has 1 heterocycles. The van der Waals surface area contributed by atoms with Crippen molar-refractivity contribution in [3.05, 3.63) is 53.6 Å². The highest BCUT2D eigenvalue weighted by Gasteiger charge is 2.27. The highest BCUT2D eigenvalue weighted by molar-refractivity contribution is 7.89. The third kappa shape index (κ3) is 7.03. The SMILES string of the molecule is CC(C)Cc1ccc(CC(=O)Nc2cc(S(=O)(=O)N3CCOCC3)ccc2OC(C)C)cc1. The molecule has 1 fully saturated rings. The molecule has 1 aliphatic rings. The molecule has 2 aromatic rings. The molecule has 33 heavy (non-hydrogen) atoms. The lowest BCUT2D eigenvalue weighted by Crippen LogP contribution is -2.40. The fourth-order valence-corrected chi connectivity index (χ4v) is 5.14. The number of anilines is 1. The molecule has 1 saturated heterocycles. The van der Waals surface area contributed by atoms with Gasteiger partial charge < -0.3 is 14.8 Å². The normalized spacial score (nSPS) is 15.1. The van der Waals surface area contributed by atoms with Crippen LogP contribution in [-0.4, -0.2) is 51.0 Å². The van der Waals surface area contributed by atoms with Gasteiger partial charge in [-0.15, -0.1) is 0 Å². The molecule has 0 spiro atoms. The predicted molar refractivity (Wildman–Crippen MR) is 129 cm³/mol. The second-order valence-corrected chi connectivity index (χ2v) is 10.9. The van der Waals surface area contributed by atoms with E-state index in [4.69, 9.17) is 9.47 Å². The lowest BCUT2D eigenvalue weighted by molar-refractivity contribution is -0.115. The predicted octanol–water partition coefficient (Wildman–Crippen LogP) is 3.87. The van der Waals surface area contributed by atoms with Crippen LogP contribution in [0.15, 0.2) is 47.4 Å². The van der Waals surface area contributed by atoms with Crippen LogP contribution in [0.3, 0.4) is 0 Å². The number of ether oxygens (including phenoxy) is 2. The molecule has 180 valence electrons. The Bertz CT molecular complexity index is 1040. The Morgan fingerprint density at radius 3 is 2.27 bits per heavy atom. The number of carbonyl (C=O) groups is 1. The number of carbonyl (C=O) groups excluding carboxylic acids is 1. The van der Waals surface area contributed by atoms with E-state index in [1.165, 1.54) is 22.0 Å². The van der Waals surface area contributed by atoms with Crippen molar-refractivity contribution in [2.75, 3.05) is 31.6 Å². The number of hydrogen-bond donors (Lipinski definition) is 1. The topological polar surface area (TPSA) is 84.9 Å². The minimum atomic E-state index is -3.69. The number of benzene rings is 2. The molecule has 0 aliphatic carbocycles. The van der Waals surface area contributed by atoms with Gasteiger partial charge in [-0.1, -0.05) is 38.1 Å². The van der Waals surface area contributed by atoms with Gasteiger partial charge in [-0.25, -0.2) is 8.42 Å². The minimum absolute atomic E-state index is 0.119. The van der Waals surface area contributed by atoms with Crippen molar-refractivity contribution in [1.82, 2.24) is 4.31 Å². The summed E-state index contributed by atoms with van der Waals surface area (Å²) in [5, 5.41) is 2.86. The van der Waals surface area contributed by atoms with Crippen LogP contribution in [0.25, 0.3) is 0 Å². The van der Waals surface area contributed by atoms with E-state index in [-0.39, 0.29) is 23.3 Å². The zero-order valence-corrected chi connectivity index (χ0v) is 20.7. The minimum Gasteiger partial charge on any atom is -0.489 e. The molecule has 1 N–H and O–H groups in total. The standard InChI is InChI=1S/C25H34N2O5S/c1-18(2)15-20-5-7-21(8-6-20)16-25(28)26-23-17-22(9-10-24(23)32-19(3)4)33(29,30)27-11-13-31-14-12-27/h5-10,17-19H,11-16H2,1-4H3,(H,26,28). The maximum atomic E-state index is 13.1. The van der Waals surface area contributed by atoms with Gasteiger partial charge in [-0.05, 0) is 55.5 Å². The molecule has 7 nitrogen and oxygen atoms in total. The van der Waals surface area contributed by atoms with Crippen LogP contribution in [0.2, 0.25) is 0 Å². The highest BCUT2D eigenvalue weighted by atomic mass is 32.2. The van der Waals surface area contributed by atoms with E-state index in [0.29, 0.717) is 43.7 Å².